The van der Waals surface area contributed by atoms with E-state index in [1.54, 1.807) is 6.20 Å². The molecule has 3 rings (SSSR count). The number of fused-ring (bicyclic) bond motifs is 1. The van der Waals surface area contributed by atoms with Crippen LogP contribution in [-0.2, 0) is 6.42 Å². The zero-order valence-corrected chi connectivity index (χ0v) is 11.4. The molecular weight excluding hydrogens is 254 g/mol. The first-order valence-corrected chi connectivity index (χ1v) is 6.97. The number of rotatable bonds is 3. The summed E-state index contributed by atoms with van der Waals surface area (Å²) in [5.41, 5.74) is 1.05. The van der Waals surface area contributed by atoms with E-state index in [1.807, 2.05) is 25.1 Å². The molecule has 1 heterocycles. The zero-order valence-electron chi connectivity index (χ0n) is 10.6. The van der Waals surface area contributed by atoms with Crippen LogP contribution in [0.15, 0.2) is 48.7 Å². The lowest BCUT2D eigenvalue weighted by Crippen LogP contribution is -2.00. The van der Waals surface area contributed by atoms with Crippen LogP contribution in [0, 0.1) is 6.92 Å². The first-order chi connectivity index (χ1) is 9.22. The molecule has 0 aliphatic carbocycles. The Labute approximate surface area is 115 Å². The maximum atomic E-state index is 12.1. The van der Waals surface area contributed by atoms with Crippen LogP contribution >= 0.6 is 11.3 Å². The van der Waals surface area contributed by atoms with E-state index >= 15 is 0 Å². The standard InChI is InChI=1S/C16H13NOS/c1-11-17-10-16(19-11)15(18)9-12-6-7-13-4-2-3-5-14(13)8-12/h2-8,10H,9H2,1H3. The second kappa shape index (κ2) is 4.94. The van der Waals surface area contributed by atoms with Gasteiger partial charge in [-0.15, -0.1) is 11.3 Å². The summed E-state index contributed by atoms with van der Waals surface area (Å²) in [6.07, 6.45) is 2.11. The maximum Gasteiger partial charge on any atom is 0.178 e. The third-order valence-corrected chi connectivity index (χ3v) is 4.03. The lowest BCUT2D eigenvalue weighted by molar-refractivity contribution is 0.0996. The fourth-order valence-corrected chi connectivity index (χ4v) is 2.83. The topological polar surface area (TPSA) is 30.0 Å². The molecule has 2 nitrogen and oxygen atoms in total. The maximum absolute atomic E-state index is 12.1. The van der Waals surface area contributed by atoms with Gasteiger partial charge in [-0.05, 0) is 23.3 Å². The van der Waals surface area contributed by atoms with E-state index in [0.717, 1.165) is 15.4 Å². The number of hydrogen-bond acceptors (Lipinski definition) is 3. The smallest absolute Gasteiger partial charge is 0.178 e. The highest BCUT2D eigenvalue weighted by Gasteiger charge is 2.10. The van der Waals surface area contributed by atoms with Crippen molar-refractivity contribution in [3.05, 3.63) is 64.1 Å². The lowest BCUT2D eigenvalue weighted by Gasteiger charge is -2.02. The Morgan fingerprint density at radius 2 is 1.95 bits per heavy atom. The van der Waals surface area contributed by atoms with Gasteiger partial charge in [0.15, 0.2) is 5.78 Å². The number of carbonyl (C=O) groups is 1. The van der Waals surface area contributed by atoms with Crippen molar-refractivity contribution in [3.8, 4) is 0 Å². The molecule has 0 atom stereocenters. The van der Waals surface area contributed by atoms with E-state index in [2.05, 4.69) is 29.2 Å². The molecule has 3 heteroatoms. The monoisotopic (exact) mass is 267 g/mol. The molecule has 0 fully saturated rings. The zero-order chi connectivity index (χ0) is 13.2. The van der Waals surface area contributed by atoms with Crippen LogP contribution in [-0.4, -0.2) is 10.8 Å². The summed E-state index contributed by atoms with van der Waals surface area (Å²) in [4.78, 5) is 17.0. The summed E-state index contributed by atoms with van der Waals surface area (Å²) in [5, 5.41) is 3.31. The SMILES string of the molecule is Cc1ncc(C(=O)Cc2ccc3ccccc3c2)s1. The van der Waals surface area contributed by atoms with Crippen molar-refractivity contribution in [2.75, 3.05) is 0 Å². The molecule has 0 N–H and O–H groups in total. The summed E-state index contributed by atoms with van der Waals surface area (Å²) in [5.74, 6) is 0.140. The second-order valence-electron chi connectivity index (χ2n) is 4.52. The van der Waals surface area contributed by atoms with E-state index in [4.69, 9.17) is 0 Å². The van der Waals surface area contributed by atoms with Gasteiger partial charge in [0, 0.05) is 12.6 Å². The average molecular weight is 267 g/mol. The van der Waals surface area contributed by atoms with Crippen molar-refractivity contribution >= 4 is 27.9 Å². The number of hydrogen-bond donors (Lipinski definition) is 0. The van der Waals surface area contributed by atoms with Crippen molar-refractivity contribution in [2.24, 2.45) is 0 Å². The molecule has 3 aromatic rings. The third kappa shape index (κ3) is 2.56. The molecule has 0 aliphatic heterocycles. The Morgan fingerprint density at radius 1 is 1.16 bits per heavy atom. The van der Waals surface area contributed by atoms with Crippen LogP contribution in [0.25, 0.3) is 10.8 Å². The summed E-state index contributed by atoms with van der Waals surface area (Å²) >= 11 is 1.46. The molecule has 0 bridgehead atoms. The minimum Gasteiger partial charge on any atom is -0.293 e. The predicted molar refractivity (Wildman–Crippen MR) is 78.8 cm³/mol. The molecular formula is C16H13NOS. The molecule has 0 amide bonds. The minimum absolute atomic E-state index is 0.140. The number of Topliss-reactive ketones (excluding diaryl/α,β-unsaturated/α-hetero) is 1. The second-order valence-corrected chi connectivity index (χ2v) is 5.76. The van der Waals surface area contributed by atoms with Gasteiger partial charge < -0.3 is 0 Å². The molecule has 0 saturated carbocycles. The lowest BCUT2D eigenvalue weighted by atomic mass is 10.0. The Kier molecular flexibility index (Phi) is 3.13. The van der Waals surface area contributed by atoms with E-state index < -0.39 is 0 Å². The van der Waals surface area contributed by atoms with Gasteiger partial charge >= 0.3 is 0 Å². The van der Waals surface area contributed by atoms with Gasteiger partial charge in [-0.1, -0.05) is 42.5 Å². The van der Waals surface area contributed by atoms with E-state index in [1.165, 1.54) is 22.1 Å². The Morgan fingerprint density at radius 3 is 2.68 bits per heavy atom. The van der Waals surface area contributed by atoms with Gasteiger partial charge in [0.25, 0.3) is 0 Å². The molecule has 0 spiro atoms. The summed E-state index contributed by atoms with van der Waals surface area (Å²) in [6, 6.07) is 14.4. The van der Waals surface area contributed by atoms with E-state index in [9.17, 15) is 4.79 Å². The predicted octanol–water partition coefficient (Wildman–Crippen LogP) is 4.03. The van der Waals surface area contributed by atoms with Gasteiger partial charge in [-0.25, -0.2) is 4.98 Å². The molecule has 0 saturated heterocycles. The van der Waals surface area contributed by atoms with Crippen LogP contribution in [0.4, 0.5) is 0 Å². The highest BCUT2D eigenvalue weighted by molar-refractivity contribution is 7.13. The van der Waals surface area contributed by atoms with Crippen molar-refractivity contribution in [1.82, 2.24) is 4.98 Å². The summed E-state index contributed by atoms with van der Waals surface area (Å²) in [6.45, 7) is 1.91. The first-order valence-electron chi connectivity index (χ1n) is 6.16. The van der Waals surface area contributed by atoms with Crippen molar-refractivity contribution in [1.29, 1.82) is 0 Å². The van der Waals surface area contributed by atoms with Crippen molar-refractivity contribution in [3.63, 3.8) is 0 Å². The van der Waals surface area contributed by atoms with Gasteiger partial charge in [0.1, 0.15) is 0 Å². The third-order valence-electron chi connectivity index (χ3n) is 3.07. The molecule has 94 valence electrons. The van der Waals surface area contributed by atoms with Crippen LogP contribution in [0.2, 0.25) is 0 Å². The van der Waals surface area contributed by atoms with Crippen LogP contribution in [0.5, 0.6) is 0 Å². The van der Waals surface area contributed by atoms with Gasteiger partial charge in [-0.2, -0.15) is 0 Å². The Bertz CT molecular complexity index is 745. The molecule has 19 heavy (non-hydrogen) atoms. The number of aromatic nitrogens is 1. The minimum atomic E-state index is 0.140. The molecule has 0 unspecified atom stereocenters. The Hall–Kier alpha value is -2.00. The highest BCUT2D eigenvalue weighted by atomic mass is 32.1. The molecule has 1 aromatic heterocycles. The molecule has 2 aromatic carbocycles. The van der Waals surface area contributed by atoms with Gasteiger partial charge in [0.05, 0.1) is 9.88 Å². The number of nitrogens with zero attached hydrogens (tertiary/aromatic N) is 1. The normalized spacial score (nSPS) is 10.8. The number of thiazole rings is 1. The first kappa shape index (κ1) is 12.1. The van der Waals surface area contributed by atoms with Crippen molar-refractivity contribution in [2.45, 2.75) is 13.3 Å². The summed E-state index contributed by atoms with van der Waals surface area (Å²) < 4.78 is 0. The van der Waals surface area contributed by atoms with Gasteiger partial charge in [-0.3, -0.25) is 4.79 Å². The molecule has 0 aliphatic rings. The van der Waals surface area contributed by atoms with Gasteiger partial charge in [0.2, 0.25) is 0 Å². The number of aryl methyl sites for hydroxylation is 1. The molecule has 0 radical (unpaired) electrons. The number of ketones is 1. The largest absolute Gasteiger partial charge is 0.293 e. The van der Waals surface area contributed by atoms with E-state index in [-0.39, 0.29) is 5.78 Å². The van der Waals surface area contributed by atoms with Crippen LogP contribution < -0.4 is 0 Å². The van der Waals surface area contributed by atoms with Crippen molar-refractivity contribution < 1.29 is 4.79 Å². The summed E-state index contributed by atoms with van der Waals surface area (Å²) in [7, 11) is 0. The average Bonchev–Trinajstić information content (AvgIpc) is 2.85. The fraction of sp³-hybridized carbons (Fsp3) is 0.125. The Balaban J connectivity index is 1.87. The number of benzene rings is 2. The fourth-order valence-electron chi connectivity index (χ4n) is 2.11. The van der Waals surface area contributed by atoms with Crippen LogP contribution in [0.3, 0.4) is 0 Å². The number of carbonyl (C=O) groups excluding carboxylic acids is 1. The van der Waals surface area contributed by atoms with Crippen LogP contribution in [0.1, 0.15) is 20.2 Å². The quantitative estimate of drug-likeness (QED) is 0.671. The highest BCUT2D eigenvalue weighted by Crippen LogP contribution is 2.19. The van der Waals surface area contributed by atoms with E-state index in [0.29, 0.717) is 6.42 Å².